The minimum atomic E-state index is -0.313. The summed E-state index contributed by atoms with van der Waals surface area (Å²) in [5.74, 6) is 1.66. The molecule has 0 saturated heterocycles. The molecule has 2 aromatic rings. The summed E-state index contributed by atoms with van der Waals surface area (Å²) in [5, 5.41) is 6.13. The number of rotatable bonds is 7. The lowest BCUT2D eigenvalue weighted by molar-refractivity contribution is 0.245. The van der Waals surface area contributed by atoms with Crippen LogP contribution >= 0.6 is 11.6 Å². The third kappa shape index (κ3) is 5.19. The van der Waals surface area contributed by atoms with E-state index >= 15 is 0 Å². The molecule has 134 valence electrons. The molecule has 0 heterocycles. The van der Waals surface area contributed by atoms with Gasteiger partial charge in [-0.05, 0) is 42.8 Å². The number of methoxy groups -OCH3 is 2. The number of halogens is 1. The predicted octanol–water partition coefficient (Wildman–Crippen LogP) is 3.87. The summed E-state index contributed by atoms with van der Waals surface area (Å²) in [6, 6.07) is 10.3. The standard InChI is InChI=1S/C18H21ClN2O4/c1-12-11-13(19)7-8-14(12)21-18(22)20-9-10-25-16-6-4-5-15(23-2)17(16)24-3/h4-8,11H,9-10H2,1-3H3,(H2,20,21,22). The highest BCUT2D eigenvalue weighted by Gasteiger charge is 2.10. The number of aryl methyl sites for hydroxylation is 1. The monoisotopic (exact) mass is 364 g/mol. The van der Waals surface area contributed by atoms with E-state index in [1.165, 1.54) is 0 Å². The van der Waals surface area contributed by atoms with E-state index < -0.39 is 0 Å². The molecule has 25 heavy (non-hydrogen) atoms. The first-order valence-corrected chi connectivity index (χ1v) is 8.07. The van der Waals surface area contributed by atoms with Gasteiger partial charge in [0.05, 0.1) is 20.8 Å². The van der Waals surface area contributed by atoms with Crippen LogP contribution in [-0.2, 0) is 0 Å². The summed E-state index contributed by atoms with van der Waals surface area (Å²) in [6.07, 6.45) is 0. The van der Waals surface area contributed by atoms with Crippen LogP contribution in [0.4, 0.5) is 10.5 Å². The van der Waals surface area contributed by atoms with E-state index in [1.54, 1.807) is 50.6 Å². The van der Waals surface area contributed by atoms with Gasteiger partial charge in [-0.15, -0.1) is 0 Å². The second kappa shape index (κ2) is 9.03. The molecule has 0 aliphatic heterocycles. The van der Waals surface area contributed by atoms with Crippen molar-refractivity contribution in [3.8, 4) is 17.2 Å². The Kier molecular flexibility index (Phi) is 6.77. The quantitative estimate of drug-likeness (QED) is 0.732. The second-order valence-corrected chi connectivity index (χ2v) is 5.62. The highest BCUT2D eigenvalue weighted by Crippen LogP contribution is 2.36. The molecule has 7 heteroatoms. The molecule has 0 atom stereocenters. The van der Waals surface area contributed by atoms with Gasteiger partial charge in [0.1, 0.15) is 6.61 Å². The Hall–Kier alpha value is -2.60. The zero-order chi connectivity index (χ0) is 18.2. The molecule has 0 radical (unpaired) electrons. The minimum Gasteiger partial charge on any atom is -0.493 e. The topological polar surface area (TPSA) is 68.8 Å². The van der Waals surface area contributed by atoms with Crippen LogP contribution in [-0.4, -0.2) is 33.4 Å². The van der Waals surface area contributed by atoms with Gasteiger partial charge in [0.25, 0.3) is 0 Å². The van der Waals surface area contributed by atoms with E-state index in [0.29, 0.717) is 34.5 Å². The van der Waals surface area contributed by atoms with Crippen molar-refractivity contribution in [2.75, 3.05) is 32.7 Å². The van der Waals surface area contributed by atoms with Gasteiger partial charge in [-0.25, -0.2) is 4.79 Å². The van der Waals surface area contributed by atoms with E-state index in [9.17, 15) is 4.79 Å². The van der Waals surface area contributed by atoms with E-state index in [1.807, 2.05) is 6.92 Å². The fraction of sp³-hybridized carbons (Fsp3) is 0.278. The molecule has 2 rings (SSSR count). The lowest BCUT2D eigenvalue weighted by Gasteiger charge is -2.14. The summed E-state index contributed by atoms with van der Waals surface area (Å²) in [5.41, 5.74) is 1.59. The molecule has 0 spiro atoms. The molecule has 0 aromatic heterocycles. The Labute approximate surface area is 152 Å². The SMILES string of the molecule is COc1cccc(OCCNC(=O)Nc2ccc(Cl)cc2C)c1OC. The number of benzene rings is 2. The van der Waals surface area contributed by atoms with Crippen molar-refractivity contribution < 1.29 is 19.0 Å². The number of para-hydroxylation sites is 1. The van der Waals surface area contributed by atoms with Crippen molar-refractivity contribution in [1.29, 1.82) is 0 Å². The fourth-order valence-corrected chi connectivity index (χ4v) is 2.46. The van der Waals surface area contributed by atoms with Crippen LogP contribution in [0, 0.1) is 6.92 Å². The highest BCUT2D eigenvalue weighted by molar-refractivity contribution is 6.30. The van der Waals surface area contributed by atoms with E-state index in [2.05, 4.69) is 10.6 Å². The number of anilines is 1. The first-order valence-electron chi connectivity index (χ1n) is 7.70. The Morgan fingerprint density at radius 3 is 2.56 bits per heavy atom. The van der Waals surface area contributed by atoms with Crippen LogP contribution in [0.5, 0.6) is 17.2 Å². The van der Waals surface area contributed by atoms with Crippen molar-refractivity contribution in [1.82, 2.24) is 5.32 Å². The lowest BCUT2D eigenvalue weighted by atomic mass is 10.2. The average molecular weight is 365 g/mol. The number of carbonyl (C=O) groups is 1. The summed E-state index contributed by atoms with van der Waals surface area (Å²) < 4.78 is 16.1. The minimum absolute atomic E-state index is 0.288. The van der Waals surface area contributed by atoms with Crippen LogP contribution in [0.25, 0.3) is 0 Å². The fourth-order valence-electron chi connectivity index (χ4n) is 2.23. The zero-order valence-corrected chi connectivity index (χ0v) is 15.1. The maximum Gasteiger partial charge on any atom is 0.319 e. The average Bonchev–Trinajstić information content (AvgIpc) is 2.60. The van der Waals surface area contributed by atoms with Gasteiger partial charge in [0.15, 0.2) is 11.5 Å². The third-order valence-corrected chi connectivity index (χ3v) is 3.68. The Morgan fingerprint density at radius 2 is 1.88 bits per heavy atom. The third-order valence-electron chi connectivity index (χ3n) is 3.45. The Bertz CT molecular complexity index is 737. The summed E-state index contributed by atoms with van der Waals surface area (Å²) in [4.78, 5) is 11.9. The summed E-state index contributed by atoms with van der Waals surface area (Å²) >= 11 is 5.90. The number of hydrogen-bond donors (Lipinski definition) is 2. The molecule has 2 amide bonds. The van der Waals surface area contributed by atoms with Crippen LogP contribution in [0.3, 0.4) is 0 Å². The van der Waals surface area contributed by atoms with Gasteiger partial charge < -0.3 is 24.8 Å². The molecule has 6 nitrogen and oxygen atoms in total. The number of urea groups is 1. The lowest BCUT2D eigenvalue weighted by Crippen LogP contribution is -2.32. The largest absolute Gasteiger partial charge is 0.493 e. The smallest absolute Gasteiger partial charge is 0.319 e. The molecular formula is C18H21ClN2O4. The second-order valence-electron chi connectivity index (χ2n) is 5.18. The van der Waals surface area contributed by atoms with E-state index in [0.717, 1.165) is 5.56 Å². The summed E-state index contributed by atoms with van der Waals surface area (Å²) in [7, 11) is 3.11. The van der Waals surface area contributed by atoms with Crippen molar-refractivity contribution in [2.45, 2.75) is 6.92 Å². The summed E-state index contributed by atoms with van der Waals surface area (Å²) in [6.45, 7) is 2.50. The van der Waals surface area contributed by atoms with Gasteiger partial charge in [0.2, 0.25) is 5.75 Å². The number of ether oxygens (including phenoxy) is 3. The zero-order valence-electron chi connectivity index (χ0n) is 14.4. The van der Waals surface area contributed by atoms with Gasteiger partial charge >= 0.3 is 6.03 Å². The molecule has 0 unspecified atom stereocenters. The molecular weight excluding hydrogens is 344 g/mol. The number of hydrogen-bond acceptors (Lipinski definition) is 4. The molecule has 2 N–H and O–H groups in total. The van der Waals surface area contributed by atoms with Gasteiger partial charge in [-0.2, -0.15) is 0 Å². The maximum atomic E-state index is 11.9. The van der Waals surface area contributed by atoms with E-state index in [-0.39, 0.29) is 12.6 Å². The molecule has 2 aromatic carbocycles. The van der Waals surface area contributed by atoms with Crippen LogP contribution in [0.15, 0.2) is 36.4 Å². The normalized spacial score (nSPS) is 10.1. The van der Waals surface area contributed by atoms with Crippen LogP contribution in [0.1, 0.15) is 5.56 Å². The van der Waals surface area contributed by atoms with Crippen LogP contribution < -0.4 is 24.8 Å². The number of nitrogens with one attached hydrogen (secondary N) is 2. The first kappa shape index (κ1) is 18.7. The Morgan fingerprint density at radius 1 is 1.12 bits per heavy atom. The van der Waals surface area contributed by atoms with Crippen LogP contribution in [0.2, 0.25) is 5.02 Å². The first-order chi connectivity index (χ1) is 12.0. The predicted molar refractivity (Wildman–Crippen MR) is 98.3 cm³/mol. The Balaban J connectivity index is 1.82. The molecule has 0 aliphatic rings. The number of amides is 2. The van der Waals surface area contributed by atoms with Gasteiger partial charge in [0, 0.05) is 10.7 Å². The van der Waals surface area contributed by atoms with Crippen molar-refractivity contribution in [2.24, 2.45) is 0 Å². The molecule has 0 fully saturated rings. The van der Waals surface area contributed by atoms with Crippen molar-refractivity contribution >= 4 is 23.3 Å². The van der Waals surface area contributed by atoms with Crippen molar-refractivity contribution in [3.05, 3.63) is 47.0 Å². The van der Waals surface area contributed by atoms with Gasteiger partial charge in [-0.3, -0.25) is 0 Å². The maximum absolute atomic E-state index is 11.9. The van der Waals surface area contributed by atoms with E-state index in [4.69, 9.17) is 25.8 Å². The van der Waals surface area contributed by atoms with Crippen molar-refractivity contribution in [3.63, 3.8) is 0 Å². The molecule has 0 saturated carbocycles. The molecule has 0 aliphatic carbocycles. The molecule has 0 bridgehead atoms. The highest BCUT2D eigenvalue weighted by atomic mass is 35.5. The number of carbonyl (C=O) groups excluding carboxylic acids is 1. The van der Waals surface area contributed by atoms with Gasteiger partial charge in [-0.1, -0.05) is 17.7 Å².